The summed E-state index contributed by atoms with van der Waals surface area (Å²) in [7, 11) is 0. The number of nitrogens with one attached hydrogen (secondary N) is 2. The van der Waals surface area contributed by atoms with Crippen LogP contribution in [-0.4, -0.2) is 19.0 Å². The number of rotatable bonds is 3. The van der Waals surface area contributed by atoms with Crippen molar-refractivity contribution in [2.45, 2.75) is 0 Å². The van der Waals surface area contributed by atoms with Gasteiger partial charge in [-0.05, 0) is 18.2 Å². The summed E-state index contributed by atoms with van der Waals surface area (Å²) in [6, 6.07) is 12.0. The molecule has 2 N–H and O–H groups in total. The van der Waals surface area contributed by atoms with Crippen molar-refractivity contribution in [2.24, 2.45) is 5.10 Å². The van der Waals surface area contributed by atoms with Gasteiger partial charge < -0.3 is 14.8 Å². The van der Waals surface area contributed by atoms with Crippen molar-refractivity contribution < 1.29 is 14.3 Å². The molecule has 1 aliphatic rings. The molecule has 0 fully saturated rings. The van der Waals surface area contributed by atoms with Gasteiger partial charge in [-0.25, -0.2) is 10.2 Å². The first-order chi connectivity index (χ1) is 10.7. The summed E-state index contributed by atoms with van der Waals surface area (Å²) in [5, 5.41) is 6.96. The lowest BCUT2D eigenvalue weighted by atomic mass is 10.2. The zero-order valence-electron chi connectivity index (χ0n) is 11.4. The third kappa shape index (κ3) is 3.29. The second-order valence-electron chi connectivity index (χ2n) is 4.42. The van der Waals surface area contributed by atoms with E-state index in [1.54, 1.807) is 24.3 Å². The van der Waals surface area contributed by atoms with Crippen molar-refractivity contribution in [3.63, 3.8) is 0 Å². The molecule has 2 aromatic rings. The van der Waals surface area contributed by atoms with Crippen LogP contribution in [0.25, 0.3) is 0 Å². The summed E-state index contributed by atoms with van der Waals surface area (Å²) >= 11 is 6.10. The average Bonchev–Trinajstić information content (AvgIpc) is 2.95. The highest BCUT2D eigenvalue weighted by Crippen LogP contribution is 2.36. The van der Waals surface area contributed by atoms with Gasteiger partial charge in [0, 0.05) is 17.3 Å². The van der Waals surface area contributed by atoms with Crippen LogP contribution in [0.1, 0.15) is 5.56 Å². The molecule has 2 aromatic carbocycles. The van der Waals surface area contributed by atoms with E-state index in [0.717, 1.165) is 0 Å². The lowest BCUT2D eigenvalue weighted by Gasteiger charge is -2.04. The molecule has 1 aliphatic heterocycles. The molecule has 6 nitrogen and oxygen atoms in total. The van der Waals surface area contributed by atoms with Crippen LogP contribution in [0.4, 0.5) is 10.5 Å². The maximum absolute atomic E-state index is 11.7. The molecule has 0 aromatic heterocycles. The van der Waals surface area contributed by atoms with Gasteiger partial charge in [0.15, 0.2) is 11.5 Å². The highest BCUT2D eigenvalue weighted by atomic mass is 35.5. The molecule has 0 saturated heterocycles. The Hall–Kier alpha value is -2.73. The minimum absolute atomic E-state index is 0.171. The number of nitrogens with zero attached hydrogens (tertiary/aromatic N) is 1. The van der Waals surface area contributed by atoms with E-state index in [0.29, 0.717) is 27.8 Å². The SMILES string of the molecule is O=C(NN=Cc1cc2c(cc1Cl)OCO2)Nc1ccccc1. The Bertz CT molecular complexity index is 719. The van der Waals surface area contributed by atoms with Gasteiger partial charge >= 0.3 is 6.03 Å². The van der Waals surface area contributed by atoms with E-state index < -0.39 is 6.03 Å². The van der Waals surface area contributed by atoms with Crippen LogP contribution < -0.4 is 20.2 Å². The number of amides is 2. The Morgan fingerprint density at radius 3 is 2.68 bits per heavy atom. The fraction of sp³-hybridized carbons (Fsp3) is 0.0667. The number of para-hydroxylation sites is 1. The molecule has 0 bridgehead atoms. The van der Waals surface area contributed by atoms with Gasteiger partial charge in [0.05, 0.1) is 11.2 Å². The smallest absolute Gasteiger partial charge is 0.339 e. The minimum Gasteiger partial charge on any atom is -0.454 e. The number of hydrogen-bond donors (Lipinski definition) is 2. The van der Waals surface area contributed by atoms with E-state index in [1.165, 1.54) is 6.21 Å². The van der Waals surface area contributed by atoms with Gasteiger partial charge in [-0.15, -0.1) is 0 Å². The monoisotopic (exact) mass is 317 g/mol. The van der Waals surface area contributed by atoms with Crippen molar-refractivity contribution in [1.82, 2.24) is 5.43 Å². The van der Waals surface area contributed by atoms with Crippen molar-refractivity contribution in [3.05, 3.63) is 53.1 Å². The Labute approximate surface area is 131 Å². The maximum atomic E-state index is 11.7. The van der Waals surface area contributed by atoms with Crippen molar-refractivity contribution in [2.75, 3.05) is 12.1 Å². The Balaban J connectivity index is 1.61. The Kier molecular flexibility index (Phi) is 4.11. The first-order valence-electron chi connectivity index (χ1n) is 6.46. The second kappa shape index (κ2) is 6.36. The summed E-state index contributed by atoms with van der Waals surface area (Å²) in [4.78, 5) is 11.7. The second-order valence-corrected chi connectivity index (χ2v) is 4.82. The first-order valence-corrected chi connectivity index (χ1v) is 6.84. The van der Waals surface area contributed by atoms with E-state index in [1.807, 2.05) is 18.2 Å². The fourth-order valence-corrected chi connectivity index (χ4v) is 2.08. The molecule has 0 aliphatic carbocycles. The van der Waals surface area contributed by atoms with E-state index in [2.05, 4.69) is 15.8 Å². The number of fused-ring (bicyclic) bond motifs is 1. The predicted molar refractivity (Wildman–Crippen MR) is 83.8 cm³/mol. The summed E-state index contributed by atoms with van der Waals surface area (Å²) in [6.07, 6.45) is 1.44. The molecule has 0 radical (unpaired) electrons. The number of carbonyl (C=O) groups is 1. The van der Waals surface area contributed by atoms with Crippen LogP contribution in [-0.2, 0) is 0 Å². The van der Waals surface area contributed by atoms with Crippen LogP contribution >= 0.6 is 11.6 Å². The van der Waals surface area contributed by atoms with E-state index in [-0.39, 0.29) is 6.79 Å². The van der Waals surface area contributed by atoms with Crippen LogP contribution in [0.3, 0.4) is 0 Å². The number of halogens is 1. The van der Waals surface area contributed by atoms with Gasteiger partial charge in [0.25, 0.3) is 0 Å². The first kappa shape index (κ1) is 14.2. The molecule has 112 valence electrons. The van der Waals surface area contributed by atoms with Gasteiger partial charge in [-0.2, -0.15) is 5.10 Å². The third-order valence-corrected chi connectivity index (χ3v) is 3.22. The quantitative estimate of drug-likeness (QED) is 0.674. The topological polar surface area (TPSA) is 72.0 Å². The Morgan fingerprint density at radius 2 is 1.91 bits per heavy atom. The van der Waals surface area contributed by atoms with Crippen LogP contribution in [0.5, 0.6) is 11.5 Å². The van der Waals surface area contributed by atoms with Crippen molar-refractivity contribution >= 4 is 29.5 Å². The Morgan fingerprint density at radius 1 is 1.18 bits per heavy atom. The number of ether oxygens (including phenoxy) is 2. The minimum atomic E-state index is -0.445. The van der Waals surface area contributed by atoms with E-state index >= 15 is 0 Å². The van der Waals surface area contributed by atoms with Crippen molar-refractivity contribution in [1.29, 1.82) is 0 Å². The third-order valence-electron chi connectivity index (χ3n) is 2.89. The zero-order chi connectivity index (χ0) is 15.4. The standard InChI is InChI=1S/C15H12ClN3O3/c16-12-7-14-13(21-9-22-14)6-10(12)8-17-19-15(20)18-11-4-2-1-3-5-11/h1-8H,9H2,(H2,18,19,20). The zero-order valence-corrected chi connectivity index (χ0v) is 12.1. The molecule has 0 spiro atoms. The summed E-state index contributed by atoms with van der Waals surface area (Å²) < 4.78 is 10.5. The normalized spacial score (nSPS) is 12.4. The van der Waals surface area contributed by atoms with E-state index in [4.69, 9.17) is 21.1 Å². The summed E-state index contributed by atoms with van der Waals surface area (Å²) in [6.45, 7) is 0.171. The van der Waals surface area contributed by atoms with Gasteiger partial charge in [0.2, 0.25) is 6.79 Å². The molecular weight excluding hydrogens is 306 g/mol. The summed E-state index contributed by atoms with van der Waals surface area (Å²) in [5.74, 6) is 1.19. The molecular formula is C15H12ClN3O3. The molecule has 3 rings (SSSR count). The lowest BCUT2D eigenvalue weighted by Crippen LogP contribution is -2.24. The average molecular weight is 318 g/mol. The summed E-state index contributed by atoms with van der Waals surface area (Å²) in [5.41, 5.74) is 3.66. The molecule has 0 unspecified atom stereocenters. The maximum Gasteiger partial charge on any atom is 0.339 e. The number of carbonyl (C=O) groups excluding carboxylic acids is 1. The number of urea groups is 1. The number of benzene rings is 2. The number of hydrazone groups is 1. The number of anilines is 1. The van der Waals surface area contributed by atoms with Gasteiger partial charge in [0.1, 0.15) is 0 Å². The fourth-order valence-electron chi connectivity index (χ4n) is 1.87. The van der Waals surface area contributed by atoms with Gasteiger partial charge in [-0.3, -0.25) is 0 Å². The van der Waals surface area contributed by atoms with Crippen LogP contribution in [0, 0.1) is 0 Å². The highest BCUT2D eigenvalue weighted by Gasteiger charge is 2.15. The molecule has 0 saturated carbocycles. The predicted octanol–water partition coefficient (Wildman–Crippen LogP) is 3.22. The molecule has 1 heterocycles. The van der Waals surface area contributed by atoms with Crippen molar-refractivity contribution in [3.8, 4) is 11.5 Å². The lowest BCUT2D eigenvalue weighted by molar-refractivity contribution is 0.174. The molecule has 22 heavy (non-hydrogen) atoms. The molecule has 0 atom stereocenters. The number of hydrogen-bond acceptors (Lipinski definition) is 4. The van der Waals surface area contributed by atoms with E-state index in [9.17, 15) is 4.79 Å². The molecule has 7 heteroatoms. The molecule has 2 amide bonds. The van der Waals surface area contributed by atoms with Gasteiger partial charge in [-0.1, -0.05) is 29.8 Å². The largest absolute Gasteiger partial charge is 0.454 e. The van der Waals surface area contributed by atoms with Crippen LogP contribution in [0.2, 0.25) is 5.02 Å². The highest BCUT2D eigenvalue weighted by molar-refractivity contribution is 6.33. The van der Waals surface area contributed by atoms with Crippen LogP contribution in [0.15, 0.2) is 47.6 Å².